The van der Waals surface area contributed by atoms with E-state index in [1.807, 2.05) is 24.3 Å². The van der Waals surface area contributed by atoms with Crippen molar-refractivity contribution in [3.63, 3.8) is 0 Å². The maximum absolute atomic E-state index is 5.52. The monoisotopic (exact) mass is 402 g/mol. The summed E-state index contributed by atoms with van der Waals surface area (Å²) >= 11 is 0. The Morgan fingerprint density at radius 1 is 1.00 bits per heavy atom. The van der Waals surface area contributed by atoms with Crippen LogP contribution in [0.1, 0.15) is 24.2 Å². The van der Waals surface area contributed by atoms with E-state index in [9.17, 15) is 0 Å². The topological polar surface area (TPSA) is 52.7 Å². The molecule has 2 aromatic heterocycles. The molecule has 5 rings (SSSR count). The van der Waals surface area contributed by atoms with E-state index < -0.39 is 0 Å². The van der Waals surface area contributed by atoms with Gasteiger partial charge in [0.25, 0.3) is 0 Å². The fourth-order valence-corrected chi connectivity index (χ4v) is 4.36. The second-order valence-corrected chi connectivity index (χ2v) is 7.60. The first kappa shape index (κ1) is 18.6. The minimum absolute atomic E-state index is 0.705. The van der Waals surface area contributed by atoms with Crippen molar-refractivity contribution >= 4 is 11.3 Å². The van der Waals surface area contributed by atoms with Gasteiger partial charge in [-0.3, -0.25) is 0 Å². The van der Waals surface area contributed by atoms with Gasteiger partial charge in [-0.15, -0.1) is 0 Å². The Morgan fingerprint density at radius 3 is 2.63 bits per heavy atom. The molecule has 1 aliphatic heterocycles. The molecule has 0 radical (unpaired) electrons. The number of nitrogens with one attached hydrogen (secondary N) is 1. The van der Waals surface area contributed by atoms with E-state index in [1.165, 1.54) is 23.2 Å². The van der Waals surface area contributed by atoms with Gasteiger partial charge in [0.2, 0.25) is 0 Å². The van der Waals surface area contributed by atoms with Crippen molar-refractivity contribution < 1.29 is 9.47 Å². The van der Waals surface area contributed by atoms with Gasteiger partial charge in [0.15, 0.2) is 17.3 Å². The lowest BCUT2D eigenvalue weighted by atomic mass is 10.0. The van der Waals surface area contributed by atoms with E-state index in [2.05, 4.69) is 44.9 Å². The first-order valence-electron chi connectivity index (χ1n) is 10.4. The van der Waals surface area contributed by atoms with Gasteiger partial charge >= 0.3 is 0 Å². The predicted octanol–water partition coefficient (Wildman–Crippen LogP) is 4.77. The summed E-state index contributed by atoms with van der Waals surface area (Å²) in [6, 6.07) is 16.4. The third-order valence-electron chi connectivity index (χ3n) is 5.83. The van der Waals surface area contributed by atoms with E-state index >= 15 is 0 Å². The van der Waals surface area contributed by atoms with Crippen LogP contribution in [-0.2, 0) is 19.5 Å². The Balaban J connectivity index is 1.54. The number of nitrogens with zero attached hydrogens (tertiary/aromatic N) is 3. The fourth-order valence-electron chi connectivity index (χ4n) is 4.36. The molecule has 1 aliphatic rings. The molecule has 0 fully saturated rings. The van der Waals surface area contributed by atoms with Crippen molar-refractivity contribution in [2.75, 3.05) is 19.5 Å². The first-order valence-corrected chi connectivity index (χ1v) is 10.4. The summed E-state index contributed by atoms with van der Waals surface area (Å²) in [5.41, 5.74) is 6.03. The lowest BCUT2D eigenvalue weighted by Crippen LogP contribution is -2.08. The lowest BCUT2D eigenvalue weighted by molar-refractivity contribution is 0.355. The van der Waals surface area contributed by atoms with Crippen molar-refractivity contribution in [2.24, 2.45) is 0 Å². The van der Waals surface area contributed by atoms with Crippen LogP contribution in [0.3, 0.4) is 0 Å². The van der Waals surface area contributed by atoms with E-state index in [-0.39, 0.29) is 0 Å². The first-order chi connectivity index (χ1) is 14.8. The molecule has 0 atom stereocenters. The number of aryl methyl sites for hydroxylation is 2. The van der Waals surface area contributed by atoms with Crippen molar-refractivity contribution in [2.45, 2.75) is 32.4 Å². The molecule has 154 valence electrons. The van der Waals surface area contributed by atoms with Gasteiger partial charge in [-0.2, -0.15) is 5.10 Å². The molecule has 0 saturated carbocycles. The average Bonchev–Trinajstić information content (AvgIpc) is 3.21. The highest BCUT2D eigenvalue weighted by Gasteiger charge is 2.22. The molecule has 0 aliphatic carbocycles. The molecule has 0 bridgehead atoms. The second kappa shape index (κ2) is 7.78. The number of hydrogen-bond donors (Lipinski definition) is 1. The Labute approximate surface area is 176 Å². The summed E-state index contributed by atoms with van der Waals surface area (Å²) < 4.78 is 15.4. The quantitative estimate of drug-likeness (QED) is 0.505. The average molecular weight is 402 g/mol. The number of benzene rings is 2. The molecular weight excluding hydrogens is 376 g/mol. The molecule has 6 heteroatoms. The molecule has 6 nitrogen and oxygen atoms in total. The van der Waals surface area contributed by atoms with Crippen LogP contribution in [0.15, 0.2) is 54.7 Å². The summed E-state index contributed by atoms with van der Waals surface area (Å²) in [4.78, 5) is 0. The molecule has 3 heterocycles. The van der Waals surface area contributed by atoms with Gasteiger partial charge in [0.1, 0.15) is 5.65 Å². The zero-order valence-corrected chi connectivity index (χ0v) is 17.4. The third-order valence-corrected chi connectivity index (χ3v) is 5.83. The van der Waals surface area contributed by atoms with E-state index in [0.717, 1.165) is 48.0 Å². The standard InChI is InChI=1S/C24H26N4O2/c1-29-21-12-11-17(14-22(21)30-2)20-16-28-24-19(20)10-6-7-13-27(24)23(26-28)15-25-18-8-4-3-5-9-18/h3-5,8-9,11-12,14,16,25H,6-7,10,13,15H2,1-2H3. The minimum atomic E-state index is 0.705. The maximum Gasteiger partial charge on any atom is 0.161 e. The van der Waals surface area contributed by atoms with Crippen LogP contribution in [0.2, 0.25) is 0 Å². The van der Waals surface area contributed by atoms with Crippen molar-refractivity contribution in [1.29, 1.82) is 0 Å². The van der Waals surface area contributed by atoms with Crippen LogP contribution < -0.4 is 14.8 Å². The highest BCUT2D eigenvalue weighted by Crippen LogP contribution is 2.37. The van der Waals surface area contributed by atoms with Crippen LogP contribution in [0.25, 0.3) is 16.8 Å². The number of methoxy groups -OCH3 is 2. The molecule has 0 amide bonds. The number of hydrogen-bond acceptors (Lipinski definition) is 4. The van der Waals surface area contributed by atoms with Gasteiger partial charge < -0.3 is 19.4 Å². The highest BCUT2D eigenvalue weighted by atomic mass is 16.5. The van der Waals surface area contributed by atoms with Crippen molar-refractivity contribution in [3.8, 4) is 22.6 Å². The van der Waals surface area contributed by atoms with Crippen LogP contribution in [-0.4, -0.2) is 28.4 Å². The zero-order valence-electron chi connectivity index (χ0n) is 17.4. The summed E-state index contributed by atoms with van der Waals surface area (Å²) in [6.07, 6.45) is 5.54. The molecule has 0 unspecified atom stereocenters. The molecular formula is C24H26N4O2. The van der Waals surface area contributed by atoms with E-state index in [1.54, 1.807) is 14.2 Å². The number of aromatic nitrogens is 3. The molecule has 30 heavy (non-hydrogen) atoms. The third kappa shape index (κ3) is 3.18. The molecule has 2 aromatic carbocycles. The zero-order chi connectivity index (χ0) is 20.5. The number of ether oxygens (including phenoxy) is 2. The van der Waals surface area contributed by atoms with Crippen LogP contribution in [0.4, 0.5) is 5.69 Å². The van der Waals surface area contributed by atoms with Gasteiger partial charge in [-0.25, -0.2) is 4.52 Å². The van der Waals surface area contributed by atoms with Crippen LogP contribution in [0.5, 0.6) is 11.5 Å². The van der Waals surface area contributed by atoms with Crippen LogP contribution in [0, 0.1) is 0 Å². The summed E-state index contributed by atoms with van der Waals surface area (Å²) in [6.45, 7) is 1.70. The maximum atomic E-state index is 5.52. The van der Waals surface area contributed by atoms with Gasteiger partial charge in [0, 0.05) is 29.6 Å². The Kier molecular flexibility index (Phi) is 4.83. The van der Waals surface area contributed by atoms with Gasteiger partial charge in [-0.1, -0.05) is 24.3 Å². The number of para-hydroxylation sites is 1. The van der Waals surface area contributed by atoms with Crippen molar-refractivity contribution in [1.82, 2.24) is 14.2 Å². The van der Waals surface area contributed by atoms with E-state index in [4.69, 9.17) is 14.6 Å². The molecule has 1 N–H and O–H groups in total. The fraction of sp³-hybridized carbons (Fsp3) is 0.292. The molecule has 0 spiro atoms. The van der Waals surface area contributed by atoms with Gasteiger partial charge in [0.05, 0.1) is 20.8 Å². The highest BCUT2D eigenvalue weighted by molar-refractivity contribution is 5.77. The largest absolute Gasteiger partial charge is 0.493 e. The summed E-state index contributed by atoms with van der Waals surface area (Å²) in [7, 11) is 3.34. The summed E-state index contributed by atoms with van der Waals surface area (Å²) in [5, 5.41) is 8.42. The number of anilines is 1. The second-order valence-electron chi connectivity index (χ2n) is 7.60. The van der Waals surface area contributed by atoms with Crippen LogP contribution >= 0.6 is 0 Å². The Bertz CT molecular complexity index is 1180. The summed E-state index contributed by atoms with van der Waals surface area (Å²) in [5.74, 6) is 2.55. The molecule has 0 saturated heterocycles. The normalized spacial score (nSPS) is 13.3. The predicted molar refractivity (Wildman–Crippen MR) is 118 cm³/mol. The lowest BCUT2D eigenvalue weighted by Gasteiger charge is -2.10. The molecule has 4 aromatic rings. The SMILES string of the molecule is COc1ccc(-c2cn3nc(CNc4ccccc4)n4c3c2CCCC4)cc1OC. The van der Waals surface area contributed by atoms with Gasteiger partial charge in [-0.05, 0) is 49.1 Å². The van der Waals surface area contributed by atoms with E-state index in [0.29, 0.717) is 6.54 Å². The number of rotatable bonds is 6. The Morgan fingerprint density at radius 2 is 1.83 bits per heavy atom. The van der Waals surface area contributed by atoms with Crippen molar-refractivity contribution in [3.05, 3.63) is 66.1 Å². The Hall–Kier alpha value is -3.41. The smallest absolute Gasteiger partial charge is 0.161 e. The minimum Gasteiger partial charge on any atom is -0.493 e.